The van der Waals surface area contributed by atoms with Crippen molar-refractivity contribution in [2.75, 3.05) is 27.9 Å². The SMILES string of the molecule is CCC1CC(O[C@H]2CC[C@H](C[C@H](C)[C@@H]3CC(=O)[C@H](C)/C=C(\C)C(O)[C@@H](OC)C(=O)[C@H](C)C[C@H](C)/C=C/C=C/C=C(\C)[C@@H](OC)C[C@@H]4CC[C@@H](C)[C@@](O)(O4)C(=O)C(=O)N4CCCC[C@H]4C(=O)O3)CC2OC)C(C)(CC)O1. The summed E-state index contributed by atoms with van der Waals surface area (Å²) in [6.45, 7) is 19.3. The number of ketones is 3. The lowest BCUT2D eigenvalue weighted by Crippen LogP contribution is -2.61. The molecule has 2 bridgehead atoms. The van der Waals surface area contributed by atoms with Crippen molar-refractivity contribution in [2.45, 2.75) is 238 Å². The second kappa shape index (κ2) is 28.5. The van der Waals surface area contributed by atoms with Crippen molar-refractivity contribution < 1.29 is 67.3 Å². The number of ether oxygens (including phenoxy) is 7. The van der Waals surface area contributed by atoms with E-state index in [9.17, 15) is 34.2 Å². The number of aliphatic hydroxyl groups excluding tert-OH is 1. The normalized spacial score (nSPS) is 41.7. The fourth-order valence-corrected chi connectivity index (χ4v) is 12.2. The molecule has 3 saturated heterocycles. The van der Waals surface area contributed by atoms with E-state index in [1.807, 2.05) is 58.1 Å². The Morgan fingerprint density at radius 3 is 2.23 bits per heavy atom. The van der Waals surface area contributed by atoms with Gasteiger partial charge in [-0.2, -0.15) is 0 Å². The fourth-order valence-electron chi connectivity index (χ4n) is 12.2. The van der Waals surface area contributed by atoms with Gasteiger partial charge in [0, 0.05) is 64.9 Å². The van der Waals surface area contributed by atoms with Crippen LogP contribution in [0, 0.1) is 35.5 Å². The summed E-state index contributed by atoms with van der Waals surface area (Å²) in [7, 11) is 4.69. The summed E-state index contributed by atoms with van der Waals surface area (Å²) >= 11 is 0. The Bertz CT molecular complexity index is 2050. The van der Waals surface area contributed by atoms with Gasteiger partial charge in [-0.05, 0) is 127 Å². The topological polar surface area (TPSA) is 194 Å². The van der Waals surface area contributed by atoms with Crippen molar-refractivity contribution in [1.29, 1.82) is 0 Å². The number of fused-ring (bicyclic) bond motifs is 3. The minimum Gasteiger partial charge on any atom is -0.460 e. The Labute approximate surface area is 448 Å². The first-order valence-corrected chi connectivity index (χ1v) is 28.4. The van der Waals surface area contributed by atoms with Crippen LogP contribution in [-0.4, -0.2) is 145 Å². The number of amides is 1. The van der Waals surface area contributed by atoms with Crippen LogP contribution in [0.1, 0.15) is 166 Å². The van der Waals surface area contributed by atoms with Gasteiger partial charge in [0.15, 0.2) is 5.78 Å². The van der Waals surface area contributed by atoms with Crippen LogP contribution in [0.25, 0.3) is 0 Å². The zero-order valence-corrected chi connectivity index (χ0v) is 47.8. The van der Waals surface area contributed by atoms with Crippen LogP contribution in [0.15, 0.2) is 47.6 Å². The van der Waals surface area contributed by atoms with Crippen molar-refractivity contribution in [3.8, 4) is 0 Å². The fraction of sp³-hybridized carbons (Fsp3) is 0.783. The first kappa shape index (κ1) is 62.4. The molecule has 15 nitrogen and oxygen atoms in total. The third-order valence-electron chi connectivity index (χ3n) is 17.5. The van der Waals surface area contributed by atoms with Gasteiger partial charge in [-0.3, -0.25) is 19.2 Å². The van der Waals surface area contributed by atoms with Gasteiger partial charge in [-0.1, -0.05) is 84.9 Å². The van der Waals surface area contributed by atoms with Gasteiger partial charge >= 0.3 is 5.97 Å². The van der Waals surface area contributed by atoms with Crippen LogP contribution in [-0.2, 0) is 57.1 Å². The third-order valence-corrected chi connectivity index (χ3v) is 17.5. The Kier molecular flexibility index (Phi) is 23.7. The Morgan fingerprint density at radius 2 is 1.56 bits per heavy atom. The lowest BCUT2D eigenvalue weighted by Gasteiger charge is -2.43. The van der Waals surface area contributed by atoms with Crippen LogP contribution < -0.4 is 0 Å². The van der Waals surface area contributed by atoms with Gasteiger partial charge in [0.25, 0.3) is 11.7 Å². The van der Waals surface area contributed by atoms with Crippen LogP contribution in [0.5, 0.6) is 0 Å². The number of aliphatic hydroxyl groups is 2. The number of carbonyl (C=O) groups excluding carboxylic acids is 5. The van der Waals surface area contributed by atoms with E-state index >= 15 is 0 Å². The maximum Gasteiger partial charge on any atom is 0.329 e. The number of hydrogen-bond acceptors (Lipinski definition) is 14. The number of cyclic esters (lactones) is 1. The molecule has 18 atom stereocenters. The number of nitrogens with zero attached hydrogens (tertiary/aromatic N) is 1. The molecule has 1 aliphatic carbocycles. The molecule has 0 aromatic carbocycles. The van der Waals surface area contributed by atoms with Crippen molar-refractivity contribution in [3.63, 3.8) is 0 Å². The van der Waals surface area contributed by atoms with Crippen molar-refractivity contribution in [1.82, 2.24) is 4.90 Å². The monoisotopic (exact) mass is 1050 g/mol. The molecule has 75 heavy (non-hydrogen) atoms. The summed E-state index contributed by atoms with van der Waals surface area (Å²) in [5.74, 6) is -7.86. The summed E-state index contributed by atoms with van der Waals surface area (Å²) in [5, 5.41) is 23.6. The highest BCUT2D eigenvalue weighted by Gasteiger charge is 2.53. The largest absolute Gasteiger partial charge is 0.460 e. The first-order valence-electron chi connectivity index (χ1n) is 28.4. The molecule has 424 valence electrons. The number of carbonyl (C=O) groups is 5. The van der Waals surface area contributed by atoms with E-state index in [4.69, 9.17) is 33.2 Å². The molecular formula is C60H95NO14. The summed E-state index contributed by atoms with van der Waals surface area (Å²) in [4.78, 5) is 72.9. The van der Waals surface area contributed by atoms with Gasteiger partial charge in [0.2, 0.25) is 5.79 Å². The van der Waals surface area contributed by atoms with Crippen LogP contribution in [0.4, 0.5) is 0 Å². The molecule has 2 N–H and O–H groups in total. The Morgan fingerprint density at radius 1 is 0.827 bits per heavy atom. The molecule has 4 aliphatic heterocycles. The van der Waals surface area contributed by atoms with Gasteiger partial charge in [-0.15, -0.1) is 0 Å². The second-order valence-electron chi connectivity index (χ2n) is 23.2. The minimum absolute atomic E-state index is 0.0171. The number of hydrogen-bond donors (Lipinski definition) is 2. The number of rotatable bonds is 10. The molecule has 0 radical (unpaired) electrons. The number of esters is 1. The van der Waals surface area contributed by atoms with E-state index in [-0.39, 0.29) is 78.7 Å². The zero-order valence-electron chi connectivity index (χ0n) is 47.8. The molecule has 15 heteroatoms. The molecule has 4 heterocycles. The van der Waals surface area contributed by atoms with Crippen molar-refractivity contribution in [2.24, 2.45) is 35.5 Å². The van der Waals surface area contributed by atoms with E-state index in [0.29, 0.717) is 56.9 Å². The predicted octanol–water partition coefficient (Wildman–Crippen LogP) is 8.94. The maximum atomic E-state index is 14.7. The second-order valence-corrected chi connectivity index (χ2v) is 23.2. The molecule has 1 saturated carbocycles. The number of allylic oxidation sites excluding steroid dienone is 6. The van der Waals surface area contributed by atoms with Gasteiger partial charge in [-0.25, -0.2) is 4.79 Å². The van der Waals surface area contributed by atoms with Crippen LogP contribution in [0.2, 0.25) is 0 Å². The zero-order chi connectivity index (χ0) is 55.4. The molecule has 5 unspecified atom stereocenters. The quantitative estimate of drug-likeness (QED) is 0.120. The number of piperidine rings is 1. The molecule has 1 amide bonds. The van der Waals surface area contributed by atoms with E-state index in [0.717, 1.165) is 37.7 Å². The number of Topliss-reactive ketones (excluding diaryl/α,β-unsaturated/α-hetero) is 3. The van der Waals surface area contributed by atoms with Crippen LogP contribution >= 0.6 is 0 Å². The first-order chi connectivity index (χ1) is 35.5. The van der Waals surface area contributed by atoms with Gasteiger partial charge < -0.3 is 48.3 Å². The van der Waals surface area contributed by atoms with Gasteiger partial charge in [0.1, 0.15) is 30.1 Å². The Balaban J connectivity index is 1.44. The third kappa shape index (κ3) is 15.9. The number of methoxy groups -OCH3 is 3. The summed E-state index contributed by atoms with van der Waals surface area (Å²) in [6.07, 6.45) is 15.1. The molecule has 5 aliphatic rings. The molecule has 0 aromatic heterocycles. The highest BCUT2D eigenvalue weighted by Crippen LogP contribution is 2.42. The highest BCUT2D eigenvalue weighted by atomic mass is 16.6. The molecule has 5 rings (SSSR count). The summed E-state index contributed by atoms with van der Waals surface area (Å²) in [6, 6.07) is -1.14. The smallest absolute Gasteiger partial charge is 0.329 e. The highest BCUT2D eigenvalue weighted by molar-refractivity contribution is 6.39. The standard InChI is InChI=1S/C60H95NO14/c1-14-44-34-52(59(10,15-2)74-44)72-48-27-25-43(32-51(48)70-12)31-39(6)50-35-47(62)38(5)30-41(8)54(64)55(71-13)53(63)40(7)29-36(3)21-17-16-18-22-37(4)49(69-11)33-45-26-24-42(9)60(68,75-45)56(65)57(66)61-28-20-19-23-46(61)58(67)73-50/h16-18,21-22,30,36,38-40,42-46,48-52,54-55,64,68H,14-15,19-20,23-29,31-35H2,1-13H3/b18-16+,21-17+,37-22+,41-30+/t36-,38-,39+,40-,42-,43-,44?,45+,46+,48+,49+,50+,51?,52?,54?,55+,59?,60-/m1/s1. The van der Waals surface area contributed by atoms with Crippen molar-refractivity contribution >= 4 is 29.2 Å². The van der Waals surface area contributed by atoms with Crippen LogP contribution in [0.3, 0.4) is 0 Å². The Hall–Kier alpha value is -3.41. The van der Waals surface area contributed by atoms with E-state index < -0.39 is 77.8 Å². The molecule has 4 fully saturated rings. The lowest BCUT2D eigenvalue weighted by atomic mass is 9.78. The van der Waals surface area contributed by atoms with E-state index in [2.05, 4.69) is 20.8 Å². The molecule has 0 aromatic rings. The molecular weight excluding hydrogens is 959 g/mol. The minimum atomic E-state index is -2.43. The summed E-state index contributed by atoms with van der Waals surface area (Å²) < 4.78 is 43.5. The van der Waals surface area contributed by atoms with E-state index in [1.165, 1.54) is 12.0 Å². The van der Waals surface area contributed by atoms with Crippen molar-refractivity contribution in [3.05, 3.63) is 47.6 Å². The predicted molar refractivity (Wildman–Crippen MR) is 286 cm³/mol. The lowest BCUT2D eigenvalue weighted by molar-refractivity contribution is -0.265. The molecule has 0 spiro atoms. The van der Waals surface area contributed by atoms with Gasteiger partial charge in [0.05, 0.1) is 42.2 Å². The summed E-state index contributed by atoms with van der Waals surface area (Å²) in [5.41, 5.74) is 0.906. The average Bonchev–Trinajstić information content (AvgIpc) is 3.72. The van der Waals surface area contributed by atoms with E-state index in [1.54, 1.807) is 41.1 Å². The average molecular weight is 1050 g/mol. The maximum absolute atomic E-state index is 14.7.